The van der Waals surface area contributed by atoms with Gasteiger partial charge >= 0.3 is 8.60 Å². The van der Waals surface area contributed by atoms with Crippen molar-refractivity contribution in [2.45, 2.75) is 27.7 Å². The number of aliphatic hydroxyl groups excluding tert-OH is 1. The molecule has 0 amide bonds. The molecule has 0 aromatic carbocycles. The van der Waals surface area contributed by atoms with Gasteiger partial charge in [0.15, 0.2) is 0 Å². The summed E-state index contributed by atoms with van der Waals surface area (Å²) in [6.45, 7) is 12.6. The Morgan fingerprint density at radius 3 is 1.29 bits per heavy atom. The highest BCUT2D eigenvalue weighted by Crippen LogP contribution is 2.22. The smallest absolute Gasteiger partial charge is 0.327 e. The van der Waals surface area contributed by atoms with Gasteiger partial charge < -0.3 is 30.1 Å². The Labute approximate surface area is 106 Å². The third-order valence-corrected chi connectivity index (χ3v) is 1.71. The minimum Gasteiger partial charge on any atom is -0.394 e. The first-order valence-electron chi connectivity index (χ1n) is 5.93. The summed E-state index contributed by atoms with van der Waals surface area (Å²) in [5, 5.41) is 14.2. The standard InChI is InChI=1S/2C4H11N.C2H7O4P/c2*1-3-5-4-2;3-1-2-6-7(4)5/h2*5H,3-4H2,1-2H3;3-5H,1-2H2. The molecule has 0 radical (unpaired) electrons. The summed E-state index contributed by atoms with van der Waals surface area (Å²) in [6.07, 6.45) is 0. The number of rotatable bonds is 7. The van der Waals surface area contributed by atoms with E-state index in [1.54, 1.807) is 0 Å². The van der Waals surface area contributed by atoms with Crippen molar-refractivity contribution in [3.8, 4) is 0 Å². The average molecular weight is 272 g/mol. The Morgan fingerprint density at radius 2 is 1.24 bits per heavy atom. The summed E-state index contributed by atoms with van der Waals surface area (Å²) in [5.74, 6) is 0. The van der Waals surface area contributed by atoms with Crippen LogP contribution in [0.5, 0.6) is 0 Å². The molecule has 0 bridgehead atoms. The molecular formula is C10H29N2O4P. The van der Waals surface area contributed by atoms with Crippen molar-refractivity contribution in [1.82, 2.24) is 10.6 Å². The van der Waals surface area contributed by atoms with Crippen LogP contribution < -0.4 is 10.6 Å². The lowest BCUT2D eigenvalue weighted by Gasteiger charge is -1.97. The highest BCUT2D eigenvalue weighted by Gasteiger charge is 1.94. The summed E-state index contributed by atoms with van der Waals surface area (Å²) in [5.41, 5.74) is 0. The predicted octanol–water partition coefficient (Wildman–Crippen LogP) is 0.438. The largest absolute Gasteiger partial charge is 0.394 e. The van der Waals surface area contributed by atoms with Gasteiger partial charge in [-0.1, -0.05) is 27.7 Å². The van der Waals surface area contributed by atoms with Crippen LogP contribution in [0, 0.1) is 0 Å². The maximum absolute atomic E-state index is 7.98. The molecular weight excluding hydrogens is 243 g/mol. The minimum atomic E-state index is -2.27. The van der Waals surface area contributed by atoms with Gasteiger partial charge in [0.1, 0.15) is 0 Å². The maximum atomic E-state index is 7.98. The first kappa shape index (κ1) is 22.4. The van der Waals surface area contributed by atoms with E-state index in [1.165, 1.54) is 0 Å². The topological polar surface area (TPSA) is 94.0 Å². The molecule has 0 unspecified atom stereocenters. The van der Waals surface area contributed by atoms with E-state index in [0.717, 1.165) is 26.2 Å². The molecule has 0 aromatic heterocycles. The van der Waals surface area contributed by atoms with Crippen molar-refractivity contribution in [2.75, 3.05) is 39.4 Å². The number of nitrogens with one attached hydrogen (secondary N) is 2. The second-order valence-electron chi connectivity index (χ2n) is 2.72. The van der Waals surface area contributed by atoms with Gasteiger partial charge in [0.05, 0.1) is 13.2 Å². The Bertz CT molecular complexity index is 100. The monoisotopic (exact) mass is 272 g/mol. The zero-order valence-corrected chi connectivity index (χ0v) is 12.3. The molecule has 108 valence electrons. The highest BCUT2D eigenvalue weighted by molar-refractivity contribution is 7.39. The molecule has 0 aliphatic rings. The van der Waals surface area contributed by atoms with E-state index in [0.29, 0.717) is 0 Å². The molecule has 0 saturated heterocycles. The molecule has 0 aromatic rings. The fourth-order valence-electron chi connectivity index (χ4n) is 0.622. The van der Waals surface area contributed by atoms with E-state index in [-0.39, 0.29) is 13.2 Å². The molecule has 0 heterocycles. The molecule has 5 N–H and O–H groups in total. The third-order valence-electron chi connectivity index (χ3n) is 1.30. The van der Waals surface area contributed by atoms with Crippen molar-refractivity contribution >= 4 is 8.60 Å². The van der Waals surface area contributed by atoms with Crippen LogP contribution in [0.15, 0.2) is 0 Å². The second-order valence-corrected chi connectivity index (χ2v) is 3.49. The quantitative estimate of drug-likeness (QED) is 0.432. The molecule has 0 aliphatic heterocycles. The van der Waals surface area contributed by atoms with Gasteiger partial charge in [-0.15, -0.1) is 0 Å². The van der Waals surface area contributed by atoms with Gasteiger partial charge in [0.25, 0.3) is 0 Å². The fraction of sp³-hybridized carbons (Fsp3) is 1.00. The first-order chi connectivity index (χ1) is 8.10. The van der Waals surface area contributed by atoms with Gasteiger partial charge in [-0.05, 0) is 26.2 Å². The van der Waals surface area contributed by atoms with E-state index >= 15 is 0 Å². The molecule has 17 heavy (non-hydrogen) atoms. The van der Waals surface area contributed by atoms with Crippen LogP contribution in [-0.4, -0.2) is 54.3 Å². The van der Waals surface area contributed by atoms with Gasteiger partial charge in [-0.2, -0.15) is 0 Å². The van der Waals surface area contributed by atoms with Crippen molar-refractivity contribution in [2.24, 2.45) is 0 Å². The van der Waals surface area contributed by atoms with E-state index in [2.05, 4.69) is 42.9 Å². The van der Waals surface area contributed by atoms with Crippen LogP contribution in [0.4, 0.5) is 0 Å². The Hall–Kier alpha value is 0.190. The summed E-state index contributed by atoms with van der Waals surface area (Å²) in [7, 11) is -2.27. The highest BCUT2D eigenvalue weighted by atomic mass is 31.2. The van der Waals surface area contributed by atoms with E-state index in [9.17, 15) is 0 Å². The third kappa shape index (κ3) is 48.6. The summed E-state index contributed by atoms with van der Waals surface area (Å²) in [4.78, 5) is 15.9. The number of hydrogen-bond donors (Lipinski definition) is 5. The molecule has 0 saturated carbocycles. The van der Waals surface area contributed by atoms with Crippen LogP contribution >= 0.6 is 8.60 Å². The van der Waals surface area contributed by atoms with Crippen molar-refractivity contribution in [3.63, 3.8) is 0 Å². The number of hydrogen-bond acceptors (Lipinski definition) is 6. The van der Waals surface area contributed by atoms with Crippen LogP contribution in [0.3, 0.4) is 0 Å². The van der Waals surface area contributed by atoms with Gasteiger partial charge in [0, 0.05) is 0 Å². The fourth-order valence-corrected chi connectivity index (χ4v) is 0.867. The molecule has 0 spiro atoms. The van der Waals surface area contributed by atoms with Crippen LogP contribution in [0.25, 0.3) is 0 Å². The minimum absolute atomic E-state index is 0.0152. The van der Waals surface area contributed by atoms with E-state index in [1.807, 2.05) is 0 Å². The zero-order chi connectivity index (χ0) is 13.9. The first-order valence-corrected chi connectivity index (χ1v) is 7.10. The van der Waals surface area contributed by atoms with Gasteiger partial charge in [0.2, 0.25) is 0 Å². The zero-order valence-electron chi connectivity index (χ0n) is 11.4. The molecule has 0 atom stereocenters. The number of aliphatic hydroxyl groups is 1. The normalized spacial score (nSPS) is 9.18. The summed E-state index contributed by atoms with van der Waals surface area (Å²) in [6, 6.07) is 0. The lowest BCUT2D eigenvalue weighted by Crippen LogP contribution is -2.09. The average Bonchev–Trinajstić information content (AvgIpc) is 2.30. The van der Waals surface area contributed by atoms with Crippen LogP contribution in [-0.2, 0) is 4.52 Å². The predicted molar refractivity (Wildman–Crippen MR) is 72.8 cm³/mol. The van der Waals surface area contributed by atoms with Gasteiger partial charge in [-0.25, -0.2) is 0 Å². The van der Waals surface area contributed by atoms with Crippen molar-refractivity contribution < 1.29 is 19.4 Å². The summed E-state index contributed by atoms with van der Waals surface area (Å²) >= 11 is 0. The van der Waals surface area contributed by atoms with Crippen LogP contribution in [0.2, 0.25) is 0 Å². The molecule has 7 heteroatoms. The molecule has 0 aliphatic carbocycles. The molecule has 0 rings (SSSR count). The lowest BCUT2D eigenvalue weighted by molar-refractivity contribution is 0.181. The van der Waals surface area contributed by atoms with Crippen molar-refractivity contribution in [1.29, 1.82) is 0 Å². The van der Waals surface area contributed by atoms with Gasteiger partial charge in [-0.3, -0.25) is 0 Å². The van der Waals surface area contributed by atoms with E-state index in [4.69, 9.17) is 14.9 Å². The van der Waals surface area contributed by atoms with E-state index < -0.39 is 8.60 Å². The Kier molecular flexibility index (Phi) is 33.1. The van der Waals surface area contributed by atoms with Crippen LogP contribution in [0.1, 0.15) is 27.7 Å². The summed E-state index contributed by atoms with van der Waals surface area (Å²) < 4.78 is 4.12. The Balaban J connectivity index is -0.000000177. The lowest BCUT2D eigenvalue weighted by atomic mass is 10.7. The molecule has 6 nitrogen and oxygen atoms in total. The Morgan fingerprint density at radius 1 is 0.882 bits per heavy atom. The second kappa shape index (κ2) is 25.1. The molecule has 0 fully saturated rings. The maximum Gasteiger partial charge on any atom is 0.327 e. The SMILES string of the molecule is CCNCC.CCNCC.OCCOP(O)O. The van der Waals surface area contributed by atoms with Crippen molar-refractivity contribution in [3.05, 3.63) is 0 Å².